The predicted molar refractivity (Wildman–Crippen MR) is 89.2 cm³/mol. The fourth-order valence-corrected chi connectivity index (χ4v) is 2.58. The van der Waals surface area contributed by atoms with E-state index in [0.717, 1.165) is 4.47 Å². The van der Waals surface area contributed by atoms with E-state index >= 15 is 0 Å². The van der Waals surface area contributed by atoms with E-state index in [1.807, 2.05) is 6.07 Å². The van der Waals surface area contributed by atoms with Crippen LogP contribution in [-0.4, -0.2) is 15.3 Å². The minimum Gasteiger partial charge on any atom is -0.292 e. The molecule has 1 heterocycles. The van der Waals surface area contributed by atoms with Gasteiger partial charge in [-0.15, -0.1) is 0 Å². The quantitative estimate of drug-likeness (QED) is 0.667. The highest BCUT2D eigenvalue weighted by molar-refractivity contribution is 9.10. The summed E-state index contributed by atoms with van der Waals surface area (Å²) in [6.45, 7) is -0.0970. The fraction of sp³-hybridized carbons (Fsp3) is 0.0588. The zero-order valence-electron chi connectivity index (χ0n) is 11.9. The Balaban J connectivity index is 1.94. The molecule has 1 aromatic heterocycles. The van der Waals surface area contributed by atoms with E-state index < -0.39 is 0 Å². The van der Waals surface area contributed by atoms with Gasteiger partial charge in [0, 0.05) is 10.0 Å². The Hall–Kier alpha value is -2.78. The van der Waals surface area contributed by atoms with Gasteiger partial charge in [-0.05, 0) is 30.3 Å². The molecule has 23 heavy (non-hydrogen) atoms. The normalized spacial score (nSPS) is 10.4. The number of Topliss-reactive ketones (excluding diaryl/α,β-unsaturated/α-hetero) is 1. The first-order valence-corrected chi connectivity index (χ1v) is 7.56. The van der Waals surface area contributed by atoms with Crippen molar-refractivity contribution in [2.75, 3.05) is 0 Å². The molecule has 2 aromatic carbocycles. The van der Waals surface area contributed by atoms with Gasteiger partial charge in [0.25, 0.3) is 5.56 Å². The van der Waals surface area contributed by atoms with Crippen LogP contribution in [0.3, 0.4) is 0 Å². The lowest BCUT2D eigenvalue weighted by Gasteiger charge is -2.06. The zero-order valence-corrected chi connectivity index (χ0v) is 13.4. The fourth-order valence-electron chi connectivity index (χ4n) is 2.22. The van der Waals surface area contributed by atoms with Crippen LogP contribution in [0.5, 0.6) is 0 Å². The second-order valence-corrected chi connectivity index (χ2v) is 5.87. The van der Waals surface area contributed by atoms with Crippen LogP contribution >= 0.6 is 15.9 Å². The molecule has 0 radical (unpaired) electrons. The van der Waals surface area contributed by atoms with Crippen LogP contribution in [0.15, 0.2) is 58.1 Å². The Kier molecular flexibility index (Phi) is 4.04. The Morgan fingerprint density at radius 3 is 2.65 bits per heavy atom. The van der Waals surface area contributed by atoms with E-state index in [0.29, 0.717) is 22.0 Å². The van der Waals surface area contributed by atoms with Gasteiger partial charge in [-0.25, -0.2) is 4.98 Å². The number of carbonyl (C=O) groups excluding carboxylic acids is 1. The molecular weight excluding hydrogens is 358 g/mol. The molecule has 0 unspecified atom stereocenters. The maximum atomic E-state index is 12.5. The SMILES string of the molecule is N#Cc1ccc(C(=O)Cn2cnc3ccc(Br)cc3c2=O)cc1. The van der Waals surface area contributed by atoms with Gasteiger partial charge in [-0.2, -0.15) is 5.26 Å². The molecule has 0 fully saturated rings. The van der Waals surface area contributed by atoms with Crippen molar-refractivity contribution >= 4 is 32.6 Å². The maximum Gasteiger partial charge on any atom is 0.261 e. The molecule has 3 rings (SSSR count). The van der Waals surface area contributed by atoms with Crippen LogP contribution in [0.1, 0.15) is 15.9 Å². The van der Waals surface area contributed by atoms with Crippen molar-refractivity contribution in [1.82, 2.24) is 9.55 Å². The van der Waals surface area contributed by atoms with E-state index in [-0.39, 0.29) is 17.9 Å². The largest absolute Gasteiger partial charge is 0.292 e. The summed E-state index contributed by atoms with van der Waals surface area (Å²) in [5, 5.41) is 9.22. The minimum absolute atomic E-state index is 0.0970. The van der Waals surface area contributed by atoms with Crippen molar-refractivity contribution in [3.05, 3.63) is 74.7 Å². The second kappa shape index (κ2) is 6.15. The molecule has 0 saturated carbocycles. The summed E-state index contributed by atoms with van der Waals surface area (Å²) >= 11 is 3.32. The minimum atomic E-state index is -0.265. The van der Waals surface area contributed by atoms with Crippen LogP contribution in [0, 0.1) is 11.3 Å². The van der Waals surface area contributed by atoms with Crippen molar-refractivity contribution in [2.24, 2.45) is 0 Å². The third-order valence-corrected chi connectivity index (χ3v) is 3.93. The molecule has 5 nitrogen and oxygen atoms in total. The Morgan fingerprint density at radius 1 is 1.22 bits per heavy atom. The van der Waals surface area contributed by atoms with Crippen molar-refractivity contribution in [3.8, 4) is 6.07 Å². The Labute approximate surface area is 139 Å². The number of hydrogen-bond donors (Lipinski definition) is 0. The lowest BCUT2D eigenvalue weighted by atomic mass is 10.1. The molecule has 0 aliphatic heterocycles. The van der Waals surface area contributed by atoms with Crippen LogP contribution in [0.2, 0.25) is 0 Å². The maximum absolute atomic E-state index is 12.5. The summed E-state index contributed by atoms with van der Waals surface area (Å²) < 4.78 is 2.06. The number of halogens is 1. The highest BCUT2D eigenvalue weighted by atomic mass is 79.9. The lowest BCUT2D eigenvalue weighted by molar-refractivity contribution is 0.0970. The van der Waals surface area contributed by atoms with Crippen LogP contribution < -0.4 is 5.56 Å². The summed E-state index contributed by atoms with van der Waals surface area (Å²) in [4.78, 5) is 28.9. The van der Waals surface area contributed by atoms with Crippen LogP contribution in [0.4, 0.5) is 0 Å². The summed E-state index contributed by atoms with van der Waals surface area (Å²) in [5.41, 5.74) is 1.25. The topological polar surface area (TPSA) is 75.8 Å². The van der Waals surface area contributed by atoms with E-state index in [9.17, 15) is 9.59 Å². The molecule has 0 aliphatic rings. The lowest BCUT2D eigenvalue weighted by Crippen LogP contribution is -2.24. The number of nitrogens with zero attached hydrogens (tertiary/aromatic N) is 3. The number of carbonyl (C=O) groups is 1. The van der Waals surface area contributed by atoms with E-state index in [1.54, 1.807) is 42.5 Å². The van der Waals surface area contributed by atoms with E-state index in [1.165, 1.54) is 10.9 Å². The molecule has 0 N–H and O–H groups in total. The monoisotopic (exact) mass is 367 g/mol. The molecule has 3 aromatic rings. The third kappa shape index (κ3) is 3.05. The molecular formula is C17H10BrN3O2. The first kappa shape index (κ1) is 15.1. The van der Waals surface area contributed by atoms with Gasteiger partial charge in [0.15, 0.2) is 5.78 Å². The van der Waals surface area contributed by atoms with Gasteiger partial charge in [0.2, 0.25) is 0 Å². The number of ketones is 1. The molecule has 0 saturated heterocycles. The smallest absolute Gasteiger partial charge is 0.261 e. The van der Waals surface area contributed by atoms with Gasteiger partial charge < -0.3 is 0 Å². The van der Waals surface area contributed by atoms with Crippen LogP contribution in [0.25, 0.3) is 10.9 Å². The molecule has 0 bridgehead atoms. The van der Waals surface area contributed by atoms with Gasteiger partial charge >= 0.3 is 0 Å². The molecule has 112 valence electrons. The van der Waals surface area contributed by atoms with Crippen molar-refractivity contribution in [2.45, 2.75) is 6.54 Å². The van der Waals surface area contributed by atoms with Crippen molar-refractivity contribution in [3.63, 3.8) is 0 Å². The van der Waals surface area contributed by atoms with Gasteiger partial charge in [0.05, 0.1) is 35.4 Å². The summed E-state index contributed by atoms with van der Waals surface area (Å²) in [5.74, 6) is -0.215. The number of aromatic nitrogens is 2. The second-order valence-electron chi connectivity index (χ2n) is 4.95. The first-order chi connectivity index (χ1) is 11.1. The van der Waals surface area contributed by atoms with Crippen molar-refractivity contribution in [1.29, 1.82) is 5.26 Å². The summed E-state index contributed by atoms with van der Waals surface area (Å²) in [7, 11) is 0. The van der Waals surface area contributed by atoms with Crippen LogP contribution in [-0.2, 0) is 6.54 Å². The van der Waals surface area contributed by atoms with Gasteiger partial charge in [-0.1, -0.05) is 28.1 Å². The van der Waals surface area contributed by atoms with Crippen molar-refractivity contribution < 1.29 is 4.79 Å². The molecule has 0 spiro atoms. The first-order valence-electron chi connectivity index (χ1n) is 6.76. The number of nitriles is 1. The Morgan fingerprint density at radius 2 is 1.96 bits per heavy atom. The summed E-state index contributed by atoms with van der Waals surface area (Å²) in [6.07, 6.45) is 1.38. The summed E-state index contributed by atoms with van der Waals surface area (Å²) in [6, 6.07) is 13.5. The van der Waals surface area contributed by atoms with E-state index in [4.69, 9.17) is 5.26 Å². The average molecular weight is 368 g/mol. The molecule has 0 amide bonds. The standard InChI is InChI=1S/C17H10BrN3O2/c18-13-5-6-15-14(7-13)17(23)21(10-20-15)9-16(22)12-3-1-11(8-19)2-4-12/h1-7,10H,9H2. The Bertz CT molecular complexity index is 1000. The molecule has 0 atom stereocenters. The van der Waals surface area contributed by atoms with E-state index in [2.05, 4.69) is 20.9 Å². The predicted octanol–water partition coefficient (Wildman–Crippen LogP) is 2.91. The zero-order chi connectivity index (χ0) is 16.4. The van der Waals surface area contributed by atoms with Gasteiger partial charge in [-0.3, -0.25) is 14.2 Å². The number of benzene rings is 2. The average Bonchev–Trinajstić information content (AvgIpc) is 2.58. The molecule has 0 aliphatic carbocycles. The number of fused-ring (bicyclic) bond motifs is 1. The highest BCUT2D eigenvalue weighted by Crippen LogP contribution is 2.15. The number of hydrogen-bond acceptors (Lipinski definition) is 4. The third-order valence-electron chi connectivity index (χ3n) is 3.44. The van der Waals surface area contributed by atoms with Gasteiger partial charge in [0.1, 0.15) is 0 Å². The molecule has 6 heteroatoms. The highest BCUT2D eigenvalue weighted by Gasteiger charge is 2.10. The number of rotatable bonds is 3.